The van der Waals surface area contributed by atoms with Gasteiger partial charge in [-0.25, -0.2) is 0 Å². The number of aromatic nitrogens is 2. The molecule has 0 N–H and O–H groups in total. The van der Waals surface area contributed by atoms with Crippen molar-refractivity contribution in [3.05, 3.63) is 52.3 Å². The van der Waals surface area contributed by atoms with Crippen molar-refractivity contribution in [2.45, 2.75) is 33.2 Å². The van der Waals surface area contributed by atoms with Crippen LogP contribution in [0.2, 0.25) is 5.02 Å². The minimum atomic E-state index is 0.753. The van der Waals surface area contributed by atoms with Gasteiger partial charge in [0.05, 0.1) is 12.2 Å². The summed E-state index contributed by atoms with van der Waals surface area (Å²) in [6.45, 7) is 5.03. The van der Waals surface area contributed by atoms with Gasteiger partial charge in [0.15, 0.2) is 0 Å². The van der Waals surface area contributed by atoms with Gasteiger partial charge < -0.3 is 0 Å². The minimum absolute atomic E-state index is 0.753. The van der Waals surface area contributed by atoms with Crippen LogP contribution in [0.1, 0.15) is 30.8 Å². The van der Waals surface area contributed by atoms with Crippen LogP contribution in [0, 0.1) is 0 Å². The largest absolute Gasteiger partial charge is 0.265 e. The molecule has 0 spiro atoms. The van der Waals surface area contributed by atoms with Crippen molar-refractivity contribution in [1.82, 2.24) is 9.78 Å². The summed E-state index contributed by atoms with van der Waals surface area (Å²) in [5, 5.41) is 5.40. The molecule has 0 aliphatic heterocycles. The first-order valence-corrected chi connectivity index (χ1v) is 6.41. The molecule has 17 heavy (non-hydrogen) atoms. The SMILES string of the molecule is CCc1cc(CC)n(Cc2ccccc2Cl)n1. The third kappa shape index (κ3) is 2.70. The summed E-state index contributed by atoms with van der Waals surface area (Å²) in [4.78, 5) is 0. The Kier molecular flexibility index (Phi) is 3.85. The van der Waals surface area contributed by atoms with E-state index in [2.05, 4.69) is 35.8 Å². The highest BCUT2D eigenvalue weighted by Crippen LogP contribution is 2.17. The first-order valence-electron chi connectivity index (χ1n) is 6.03. The zero-order valence-corrected chi connectivity index (χ0v) is 11.0. The van der Waals surface area contributed by atoms with Gasteiger partial charge in [-0.1, -0.05) is 43.6 Å². The molecule has 0 fully saturated rings. The summed E-state index contributed by atoms with van der Waals surface area (Å²) in [6.07, 6.45) is 1.97. The molecule has 1 aromatic heterocycles. The maximum atomic E-state index is 6.17. The second-order valence-electron chi connectivity index (χ2n) is 4.08. The lowest BCUT2D eigenvalue weighted by Gasteiger charge is -2.07. The zero-order chi connectivity index (χ0) is 12.3. The van der Waals surface area contributed by atoms with Gasteiger partial charge in [-0.3, -0.25) is 4.68 Å². The van der Waals surface area contributed by atoms with E-state index in [4.69, 9.17) is 11.6 Å². The molecule has 0 aliphatic rings. The first kappa shape index (κ1) is 12.2. The van der Waals surface area contributed by atoms with Crippen LogP contribution in [-0.4, -0.2) is 9.78 Å². The highest BCUT2D eigenvalue weighted by Gasteiger charge is 2.07. The molecule has 0 saturated carbocycles. The Morgan fingerprint density at radius 1 is 1.18 bits per heavy atom. The van der Waals surface area contributed by atoms with E-state index in [0.29, 0.717) is 0 Å². The molecule has 3 heteroatoms. The lowest BCUT2D eigenvalue weighted by atomic mass is 10.2. The normalized spacial score (nSPS) is 10.8. The molecule has 0 radical (unpaired) electrons. The Hall–Kier alpha value is -1.28. The smallest absolute Gasteiger partial charge is 0.0677 e. The van der Waals surface area contributed by atoms with Crippen LogP contribution < -0.4 is 0 Å². The van der Waals surface area contributed by atoms with Gasteiger partial charge in [-0.15, -0.1) is 0 Å². The quantitative estimate of drug-likeness (QED) is 0.807. The monoisotopic (exact) mass is 248 g/mol. The summed E-state index contributed by atoms with van der Waals surface area (Å²) in [5.41, 5.74) is 3.53. The van der Waals surface area contributed by atoms with Crippen LogP contribution in [0.3, 0.4) is 0 Å². The molecule has 0 amide bonds. The van der Waals surface area contributed by atoms with Crippen molar-refractivity contribution in [2.75, 3.05) is 0 Å². The predicted molar refractivity (Wildman–Crippen MR) is 71.5 cm³/mol. The molecule has 1 aromatic carbocycles. The highest BCUT2D eigenvalue weighted by molar-refractivity contribution is 6.31. The zero-order valence-electron chi connectivity index (χ0n) is 10.3. The fraction of sp³-hybridized carbons (Fsp3) is 0.357. The van der Waals surface area contributed by atoms with Gasteiger partial charge in [0.25, 0.3) is 0 Å². The first-order chi connectivity index (χ1) is 8.24. The van der Waals surface area contributed by atoms with Crippen LogP contribution in [0.5, 0.6) is 0 Å². The van der Waals surface area contributed by atoms with E-state index in [1.807, 2.05) is 18.2 Å². The van der Waals surface area contributed by atoms with E-state index in [1.54, 1.807) is 0 Å². The summed E-state index contributed by atoms with van der Waals surface area (Å²) in [6, 6.07) is 10.1. The molecule has 2 nitrogen and oxygen atoms in total. The number of benzene rings is 1. The second-order valence-corrected chi connectivity index (χ2v) is 4.49. The highest BCUT2D eigenvalue weighted by atomic mass is 35.5. The lowest BCUT2D eigenvalue weighted by molar-refractivity contribution is 0.640. The number of hydrogen-bond acceptors (Lipinski definition) is 1. The van der Waals surface area contributed by atoms with Crippen LogP contribution in [-0.2, 0) is 19.4 Å². The van der Waals surface area contributed by atoms with Crippen molar-refractivity contribution >= 4 is 11.6 Å². The number of nitrogens with zero attached hydrogens (tertiary/aromatic N) is 2. The Morgan fingerprint density at radius 3 is 2.59 bits per heavy atom. The van der Waals surface area contributed by atoms with Crippen molar-refractivity contribution in [1.29, 1.82) is 0 Å². The molecule has 0 saturated heterocycles. The Morgan fingerprint density at radius 2 is 1.94 bits per heavy atom. The molecule has 0 bridgehead atoms. The molecule has 0 aliphatic carbocycles. The van der Waals surface area contributed by atoms with Gasteiger partial charge in [0.2, 0.25) is 0 Å². The maximum absolute atomic E-state index is 6.17. The topological polar surface area (TPSA) is 17.8 Å². The lowest BCUT2D eigenvalue weighted by Crippen LogP contribution is -2.06. The fourth-order valence-corrected chi connectivity index (χ4v) is 2.09. The third-order valence-electron chi connectivity index (χ3n) is 2.92. The average molecular weight is 249 g/mol. The van der Waals surface area contributed by atoms with E-state index in [0.717, 1.165) is 35.7 Å². The molecular weight excluding hydrogens is 232 g/mol. The number of halogens is 1. The Balaban J connectivity index is 2.29. The van der Waals surface area contributed by atoms with Crippen molar-refractivity contribution in [3.63, 3.8) is 0 Å². The van der Waals surface area contributed by atoms with Gasteiger partial charge >= 0.3 is 0 Å². The Labute approximate surface area is 107 Å². The number of aryl methyl sites for hydroxylation is 2. The minimum Gasteiger partial charge on any atom is -0.265 e. The number of hydrogen-bond donors (Lipinski definition) is 0. The van der Waals surface area contributed by atoms with Gasteiger partial charge in [0.1, 0.15) is 0 Å². The molecular formula is C14H17ClN2. The molecule has 90 valence electrons. The van der Waals surface area contributed by atoms with E-state index >= 15 is 0 Å². The standard InChI is InChI=1S/C14H17ClN2/c1-3-12-9-13(4-2)17(16-12)10-11-7-5-6-8-14(11)15/h5-9H,3-4,10H2,1-2H3. The second kappa shape index (κ2) is 5.37. The molecule has 2 rings (SSSR count). The Bertz CT molecular complexity index is 503. The van der Waals surface area contributed by atoms with E-state index in [9.17, 15) is 0 Å². The van der Waals surface area contributed by atoms with Crippen molar-refractivity contribution in [2.24, 2.45) is 0 Å². The number of rotatable bonds is 4. The maximum Gasteiger partial charge on any atom is 0.0677 e. The summed E-state index contributed by atoms with van der Waals surface area (Å²) < 4.78 is 2.06. The van der Waals surface area contributed by atoms with Crippen LogP contribution >= 0.6 is 11.6 Å². The van der Waals surface area contributed by atoms with Crippen molar-refractivity contribution < 1.29 is 0 Å². The third-order valence-corrected chi connectivity index (χ3v) is 3.29. The molecule has 1 heterocycles. The van der Waals surface area contributed by atoms with E-state index in [1.165, 1.54) is 5.69 Å². The summed E-state index contributed by atoms with van der Waals surface area (Å²) >= 11 is 6.17. The van der Waals surface area contributed by atoms with Gasteiger partial charge in [0, 0.05) is 10.7 Å². The van der Waals surface area contributed by atoms with Gasteiger partial charge in [-0.2, -0.15) is 5.10 Å². The summed E-state index contributed by atoms with van der Waals surface area (Å²) in [5.74, 6) is 0. The van der Waals surface area contributed by atoms with Crippen LogP contribution in [0.15, 0.2) is 30.3 Å². The van der Waals surface area contributed by atoms with Crippen LogP contribution in [0.4, 0.5) is 0 Å². The van der Waals surface area contributed by atoms with E-state index in [-0.39, 0.29) is 0 Å². The molecule has 0 atom stereocenters. The van der Waals surface area contributed by atoms with Crippen LogP contribution in [0.25, 0.3) is 0 Å². The molecule has 0 unspecified atom stereocenters. The molecule has 2 aromatic rings. The van der Waals surface area contributed by atoms with Crippen molar-refractivity contribution in [3.8, 4) is 0 Å². The van der Waals surface area contributed by atoms with E-state index < -0.39 is 0 Å². The fourth-order valence-electron chi connectivity index (χ4n) is 1.90. The predicted octanol–water partition coefficient (Wildman–Crippen LogP) is 3.71. The summed E-state index contributed by atoms with van der Waals surface area (Å²) in [7, 11) is 0. The average Bonchev–Trinajstić information content (AvgIpc) is 2.74. The van der Waals surface area contributed by atoms with Gasteiger partial charge in [-0.05, 0) is 30.5 Å².